The number of rotatable bonds is 8. The number of nitrogens with one attached hydrogen (secondary N) is 1. The molecule has 0 aliphatic rings. The van der Waals surface area contributed by atoms with Crippen molar-refractivity contribution in [3.8, 4) is 0 Å². The lowest BCUT2D eigenvalue weighted by Gasteiger charge is -2.05. The van der Waals surface area contributed by atoms with E-state index in [0.717, 1.165) is 36.1 Å². The van der Waals surface area contributed by atoms with Crippen molar-refractivity contribution >= 4 is 11.8 Å². The number of hydrogen-bond acceptors (Lipinski definition) is 6. The predicted molar refractivity (Wildman–Crippen MR) is 78.3 cm³/mol. The maximum atomic E-state index is 9.01. The molecule has 108 valence electrons. The standard InChI is InChI=1S/C13H19N5OS/c1-2-14-7-8-18-13(15-16-17-18)20-10-12-5-3-11(9-19)4-6-12/h3-6,14,19H,2,7-10H2,1H3. The Bertz CT molecular complexity index is 514. The number of tetrazole rings is 1. The fourth-order valence-electron chi connectivity index (χ4n) is 1.69. The molecule has 0 saturated carbocycles. The van der Waals surface area contributed by atoms with Gasteiger partial charge in [-0.3, -0.25) is 0 Å². The molecule has 0 fully saturated rings. The number of benzene rings is 1. The topological polar surface area (TPSA) is 75.9 Å². The molecule has 1 aromatic heterocycles. The molecule has 2 N–H and O–H groups in total. The second-order valence-electron chi connectivity index (χ2n) is 4.30. The highest BCUT2D eigenvalue weighted by Crippen LogP contribution is 2.20. The van der Waals surface area contributed by atoms with Crippen LogP contribution in [0.2, 0.25) is 0 Å². The zero-order valence-corrected chi connectivity index (χ0v) is 12.3. The van der Waals surface area contributed by atoms with Crippen LogP contribution in [0.15, 0.2) is 29.4 Å². The van der Waals surface area contributed by atoms with Gasteiger partial charge in [-0.25, -0.2) is 4.68 Å². The highest BCUT2D eigenvalue weighted by atomic mass is 32.2. The minimum atomic E-state index is 0.0795. The Morgan fingerprint density at radius 3 is 2.70 bits per heavy atom. The number of thioether (sulfide) groups is 1. The van der Waals surface area contributed by atoms with Crippen LogP contribution in [0.4, 0.5) is 0 Å². The number of nitrogens with zero attached hydrogens (tertiary/aromatic N) is 4. The summed E-state index contributed by atoms with van der Waals surface area (Å²) in [5.74, 6) is 0.813. The van der Waals surface area contributed by atoms with Crippen molar-refractivity contribution in [2.75, 3.05) is 13.1 Å². The van der Waals surface area contributed by atoms with Crippen LogP contribution in [-0.4, -0.2) is 38.4 Å². The zero-order chi connectivity index (χ0) is 14.2. The third kappa shape index (κ3) is 4.29. The first kappa shape index (κ1) is 15.0. The summed E-state index contributed by atoms with van der Waals surface area (Å²) in [4.78, 5) is 0. The van der Waals surface area contributed by atoms with E-state index in [0.29, 0.717) is 0 Å². The average molecular weight is 293 g/mol. The SMILES string of the molecule is CCNCCn1nnnc1SCc1ccc(CO)cc1. The van der Waals surface area contributed by atoms with E-state index >= 15 is 0 Å². The van der Waals surface area contributed by atoms with E-state index in [-0.39, 0.29) is 6.61 Å². The molecule has 0 unspecified atom stereocenters. The van der Waals surface area contributed by atoms with Crippen LogP contribution < -0.4 is 5.32 Å². The van der Waals surface area contributed by atoms with E-state index in [1.165, 1.54) is 5.56 Å². The van der Waals surface area contributed by atoms with Gasteiger partial charge in [0.15, 0.2) is 0 Å². The van der Waals surface area contributed by atoms with Gasteiger partial charge in [0.25, 0.3) is 0 Å². The molecule has 0 saturated heterocycles. The smallest absolute Gasteiger partial charge is 0.209 e. The van der Waals surface area contributed by atoms with Gasteiger partial charge in [-0.15, -0.1) is 5.10 Å². The Morgan fingerprint density at radius 1 is 1.25 bits per heavy atom. The monoisotopic (exact) mass is 293 g/mol. The summed E-state index contributed by atoms with van der Waals surface area (Å²) in [7, 11) is 0. The molecular weight excluding hydrogens is 274 g/mol. The largest absolute Gasteiger partial charge is 0.392 e. The van der Waals surface area contributed by atoms with Gasteiger partial charge in [-0.05, 0) is 28.1 Å². The van der Waals surface area contributed by atoms with Crippen LogP contribution in [0.5, 0.6) is 0 Å². The van der Waals surface area contributed by atoms with Crippen LogP contribution >= 0.6 is 11.8 Å². The van der Waals surface area contributed by atoms with E-state index in [4.69, 9.17) is 5.11 Å². The van der Waals surface area contributed by atoms with Crippen LogP contribution in [0, 0.1) is 0 Å². The molecule has 0 bridgehead atoms. The van der Waals surface area contributed by atoms with Gasteiger partial charge in [0.2, 0.25) is 5.16 Å². The van der Waals surface area contributed by atoms with Gasteiger partial charge in [-0.1, -0.05) is 43.0 Å². The molecule has 0 aliphatic carbocycles. The molecule has 0 spiro atoms. The molecule has 6 nitrogen and oxygen atoms in total. The molecule has 20 heavy (non-hydrogen) atoms. The lowest BCUT2D eigenvalue weighted by atomic mass is 10.2. The van der Waals surface area contributed by atoms with Crippen molar-refractivity contribution < 1.29 is 5.11 Å². The number of aromatic nitrogens is 4. The molecule has 1 heterocycles. The fraction of sp³-hybridized carbons (Fsp3) is 0.462. The summed E-state index contributed by atoms with van der Waals surface area (Å²) in [5, 5.41) is 24.8. The van der Waals surface area contributed by atoms with E-state index in [2.05, 4.69) is 27.8 Å². The van der Waals surface area contributed by atoms with Gasteiger partial charge < -0.3 is 10.4 Å². The van der Waals surface area contributed by atoms with Crippen LogP contribution in [0.3, 0.4) is 0 Å². The first-order valence-electron chi connectivity index (χ1n) is 6.62. The Hall–Kier alpha value is -1.44. The van der Waals surface area contributed by atoms with Crippen LogP contribution in [0.1, 0.15) is 18.1 Å². The van der Waals surface area contributed by atoms with Gasteiger partial charge >= 0.3 is 0 Å². The Labute approximate surface area is 122 Å². The zero-order valence-electron chi connectivity index (χ0n) is 11.5. The molecule has 2 rings (SSSR count). The van der Waals surface area contributed by atoms with Crippen LogP contribution in [-0.2, 0) is 18.9 Å². The molecule has 2 aromatic rings. The van der Waals surface area contributed by atoms with Gasteiger partial charge in [0.1, 0.15) is 0 Å². The van der Waals surface area contributed by atoms with E-state index in [1.807, 2.05) is 28.9 Å². The lowest BCUT2D eigenvalue weighted by molar-refractivity contribution is 0.282. The average Bonchev–Trinajstić information content (AvgIpc) is 2.93. The molecule has 0 atom stereocenters. The minimum Gasteiger partial charge on any atom is -0.392 e. The number of likely N-dealkylation sites (N-methyl/N-ethyl adjacent to an activating group) is 1. The summed E-state index contributed by atoms with van der Waals surface area (Å²) in [6.45, 7) is 4.73. The number of aliphatic hydroxyl groups excluding tert-OH is 1. The molecule has 0 radical (unpaired) electrons. The highest BCUT2D eigenvalue weighted by Gasteiger charge is 2.06. The number of aliphatic hydroxyl groups is 1. The van der Waals surface area contributed by atoms with Crippen molar-refractivity contribution in [1.29, 1.82) is 0 Å². The third-order valence-corrected chi connectivity index (χ3v) is 3.85. The fourth-order valence-corrected chi connectivity index (χ4v) is 2.55. The number of hydrogen-bond donors (Lipinski definition) is 2. The summed E-state index contributed by atoms with van der Waals surface area (Å²) in [6.07, 6.45) is 0. The first-order chi connectivity index (χ1) is 9.83. The molecule has 0 aliphatic heterocycles. The van der Waals surface area contributed by atoms with Crippen molar-refractivity contribution in [3.63, 3.8) is 0 Å². The van der Waals surface area contributed by atoms with Crippen molar-refractivity contribution in [3.05, 3.63) is 35.4 Å². The van der Waals surface area contributed by atoms with E-state index in [9.17, 15) is 0 Å². The maximum Gasteiger partial charge on any atom is 0.209 e. The summed E-state index contributed by atoms with van der Waals surface area (Å²) in [5.41, 5.74) is 2.11. The highest BCUT2D eigenvalue weighted by molar-refractivity contribution is 7.98. The third-order valence-electron chi connectivity index (χ3n) is 2.82. The first-order valence-corrected chi connectivity index (χ1v) is 7.60. The summed E-state index contributed by atoms with van der Waals surface area (Å²) < 4.78 is 1.81. The van der Waals surface area contributed by atoms with Crippen LogP contribution in [0.25, 0.3) is 0 Å². The normalized spacial score (nSPS) is 10.9. The molecule has 7 heteroatoms. The maximum absolute atomic E-state index is 9.01. The van der Waals surface area contributed by atoms with Gasteiger partial charge in [0, 0.05) is 12.3 Å². The van der Waals surface area contributed by atoms with E-state index < -0.39 is 0 Å². The minimum absolute atomic E-state index is 0.0795. The summed E-state index contributed by atoms with van der Waals surface area (Å²) in [6, 6.07) is 7.91. The Kier molecular flexibility index (Phi) is 5.97. The molecule has 1 aromatic carbocycles. The van der Waals surface area contributed by atoms with Gasteiger partial charge in [0.05, 0.1) is 13.2 Å². The lowest BCUT2D eigenvalue weighted by Crippen LogP contribution is -2.20. The Balaban J connectivity index is 1.88. The van der Waals surface area contributed by atoms with Crippen molar-refractivity contribution in [2.45, 2.75) is 31.0 Å². The predicted octanol–water partition coefficient (Wildman–Crippen LogP) is 1.07. The quantitative estimate of drug-likeness (QED) is 0.560. The van der Waals surface area contributed by atoms with Crippen molar-refractivity contribution in [1.82, 2.24) is 25.5 Å². The second-order valence-corrected chi connectivity index (χ2v) is 5.24. The Morgan fingerprint density at radius 2 is 2.00 bits per heavy atom. The summed E-state index contributed by atoms with van der Waals surface area (Å²) >= 11 is 1.61. The molecule has 0 amide bonds. The second kappa shape index (κ2) is 7.98. The van der Waals surface area contributed by atoms with Crippen molar-refractivity contribution in [2.24, 2.45) is 0 Å². The van der Waals surface area contributed by atoms with E-state index in [1.54, 1.807) is 11.8 Å². The van der Waals surface area contributed by atoms with Gasteiger partial charge in [-0.2, -0.15) is 0 Å². The molecular formula is C13H19N5OS.